The fourth-order valence-electron chi connectivity index (χ4n) is 3.19. The smallest absolute Gasteiger partial charge is 0.231 e. The molecule has 0 saturated carbocycles. The average Bonchev–Trinajstić information content (AvgIpc) is 2.95. The van der Waals surface area contributed by atoms with Crippen molar-refractivity contribution in [2.24, 2.45) is 5.92 Å². The van der Waals surface area contributed by atoms with Gasteiger partial charge in [-0.2, -0.15) is 0 Å². The fourth-order valence-corrected chi connectivity index (χ4v) is 3.19. The second-order valence-electron chi connectivity index (χ2n) is 6.67. The molecule has 0 amide bonds. The van der Waals surface area contributed by atoms with Crippen LogP contribution in [0.1, 0.15) is 24.2 Å². The number of aromatic nitrogens is 5. The summed E-state index contributed by atoms with van der Waals surface area (Å²) in [5.41, 5.74) is 2.84. The quantitative estimate of drug-likeness (QED) is 0.716. The molecule has 3 aromatic heterocycles. The second kappa shape index (κ2) is 6.86. The molecule has 3 aromatic rings. The first kappa shape index (κ1) is 16.7. The van der Waals surface area contributed by atoms with E-state index in [0.29, 0.717) is 24.4 Å². The van der Waals surface area contributed by atoms with E-state index in [0.717, 1.165) is 43.0 Å². The van der Waals surface area contributed by atoms with E-state index in [1.165, 1.54) is 12.4 Å². The Labute approximate surface area is 150 Å². The van der Waals surface area contributed by atoms with Gasteiger partial charge in [0.25, 0.3) is 0 Å². The van der Waals surface area contributed by atoms with Gasteiger partial charge in [0.15, 0.2) is 11.5 Å². The number of aryl methyl sites for hydroxylation is 2. The maximum atomic E-state index is 12.9. The van der Waals surface area contributed by atoms with Crippen LogP contribution in [0.2, 0.25) is 0 Å². The Balaban J connectivity index is 1.33. The van der Waals surface area contributed by atoms with Gasteiger partial charge < -0.3 is 9.64 Å². The van der Waals surface area contributed by atoms with Crippen LogP contribution in [0.3, 0.4) is 0 Å². The molecule has 136 valence electrons. The fraction of sp³-hybridized carbons (Fsp3) is 0.444. The number of hydrogen-bond donors (Lipinski definition) is 0. The summed E-state index contributed by atoms with van der Waals surface area (Å²) in [5.74, 6) is 1.24. The molecule has 0 spiro atoms. The third kappa shape index (κ3) is 3.31. The topological polar surface area (TPSA) is 68.4 Å². The number of fused-ring (bicyclic) bond motifs is 1. The van der Waals surface area contributed by atoms with Crippen LogP contribution in [-0.4, -0.2) is 44.3 Å². The van der Waals surface area contributed by atoms with Crippen LogP contribution >= 0.6 is 0 Å². The van der Waals surface area contributed by atoms with E-state index in [-0.39, 0.29) is 0 Å². The molecule has 0 aromatic carbocycles. The summed E-state index contributed by atoms with van der Waals surface area (Å²) >= 11 is 0. The molecule has 1 aliphatic heterocycles. The van der Waals surface area contributed by atoms with Gasteiger partial charge in [0.05, 0.1) is 30.4 Å². The number of anilines is 1. The molecule has 0 radical (unpaired) electrons. The van der Waals surface area contributed by atoms with Gasteiger partial charge in [0.2, 0.25) is 11.8 Å². The largest absolute Gasteiger partial charge is 0.476 e. The Hall–Kier alpha value is -2.77. The molecule has 8 heteroatoms. The maximum absolute atomic E-state index is 12.9. The van der Waals surface area contributed by atoms with Gasteiger partial charge in [-0.1, -0.05) is 0 Å². The number of rotatable bonds is 4. The van der Waals surface area contributed by atoms with Crippen LogP contribution in [-0.2, 0) is 0 Å². The lowest BCUT2D eigenvalue weighted by Gasteiger charge is -2.31. The number of nitrogens with zero attached hydrogens (tertiary/aromatic N) is 6. The zero-order valence-corrected chi connectivity index (χ0v) is 14.9. The van der Waals surface area contributed by atoms with E-state index in [1.807, 2.05) is 30.5 Å². The third-order valence-corrected chi connectivity index (χ3v) is 4.89. The summed E-state index contributed by atoms with van der Waals surface area (Å²) in [7, 11) is 0. The van der Waals surface area contributed by atoms with Crippen LogP contribution in [0.5, 0.6) is 5.88 Å². The summed E-state index contributed by atoms with van der Waals surface area (Å²) in [6, 6.07) is 3.79. The lowest BCUT2D eigenvalue weighted by atomic mass is 9.98. The van der Waals surface area contributed by atoms with E-state index >= 15 is 0 Å². The molecular formula is C18H21FN6O. The second-order valence-corrected chi connectivity index (χ2v) is 6.67. The van der Waals surface area contributed by atoms with E-state index in [2.05, 4.69) is 25.0 Å². The van der Waals surface area contributed by atoms with Crippen molar-refractivity contribution in [3.8, 4) is 5.88 Å². The summed E-state index contributed by atoms with van der Waals surface area (Å²) < 4.78 is 20.7. The molecule has 0 aliphatic carbocycles. The molecule has 4 heterocycles. The summed E-state index contributed by atoms with van der Waals surface area (Å²) in [6.07, 6.45) is 4.37. The first-order chi connectivity index (χ1) is 12.6. The highest BCUT2D eigenvalue weighted by Gasteiger charge is 2.21. The summed E-state index contributed by atoms with van der Waals surface area (Å²) in [6.45, 7) is 6.28. The molecule has 0 unspecified atom stereocenters. The van der Waals surface area contributed by atoms with Crippen LogP contribution in [0.15, 0.2) is 24.5 Å². The monoisotopic (exact) mass is 356 g/mol. The van der Waals surface area contributed by atoms with E-state index in [4.69, 9.17) is 4.74 Å². The lowest BCUT2D eigenvalue weighted by molar-refractivity contribution is 0.213. The average molecular weight is 356 g/mol. The van der Waals surface area contributed by atoms with Crippen LogP contribution in [0, 0.1) is 25.6 Å². The number of ether oxygens (including phenoxy) is 1. The Bertz CT molecular complexity index is 902. The van der Waals surface area contributed by atoms with E-state index in [1.54, 1.807) is 0 Å². The zero-order chi connectivity index (χ0) is 18.1. The van der Waals surface area contributed by atoms with Gasteiger partial charge in [-0.15, -0.1) is 5.10 Å². The highest BCUT2D eigenvalue weighted by molar-refractivity contribution is 5.42. The molecule has 4 rings (SSSR count). The molecule has 1 aliphatic rings. The van der Waals surface area contributed by atoms with Crippen molar-refractivity contribution in [2.45, 2.75) is 26.7 Å². The number of piperidine rings is 1. The Morgan fingerprint density at radius 1 is 1.15 bits per heavy atom. The van der Waals surface area contributed by atoms with Crippen LogP contribution in [0.25, 0.3) is 5.65 Å². The van der Waals surface area contributed by atoms with Crippen LogP contribution < -0.4 is 9.64 Å². The predicted octanol–water partition coefficient (Wildman–Crippen LogP) is 2.57. The van der Waals surface area contributed by atoms with Gasteiger partial charge in [-0.25, -0.2) is 23.9 Å². The molecule has 26 heavy (non-hydrogen) atoms. The molecule has 7 nitrogen and oxygen atoms in total. The number of imidazole rings is 1. The van der Waals surface area contributed by atoms with Crippen molar-refractivity contribution >= 4 is 11.6 Å². The predicted molar refractivity (Wildman–Crippen MR) is 94.9 cm³/mol. The van der Waals surface area contributed by atoms with Crippen molar-refractivity contribution in [3.63, 3.8) is 0 Å². The maximum Gasteiger partial charge on any atom is 0.231 e. The number of halogens is 1. The Morgan fingerprint density at radius 3 is 2.62 bits per heavy atom. The number of hydrogen-bond acceptors (Lipinski definition) is 6. The van der Waals surface area contributed by atoms with Crippen molar-refractivity contribution in [1.82, 2.24) is 24.6 Å². The molecule has 0 bridgehead atoms. The van der Waals surface area contributed by atoms with Gasteiger partial charge >= 0.3 is 0 Å². The molecule has 0 N–H and O–H groups in total. The zero-order valence-electron chi connectivity index (χ0n) is 14.9. The van der Waals surface area contributed by atoms with Crippen molar-refractivity contribution in [1.29, 1.82) is 0 Å². The van der Waals surface area contributed by atoms with Gasteiger partial charge in [0.1, 0.15) is 0 Å². The first-order valence-electron chi connectivity index (χ1n) is 8.78. The minimum Gasteiger partial charge on any atom is -0.476 e. The van der Waals surface area contributed by atoms with Crippen molar-refractivity contribution in [3.05, 3.63) is 41.7 Å². The summed E-state index contributed by atoms with van der Waals surface area (Å²) in [5, 5.41) is 4.52. The van der Waals surface area contributed by atoms with Crippen molar-refractivity contribution < 1.29 is 9.13 Å². The molecule has 1 saturated heterocycles. The van der Waals surface area contributed by atoms with Crippen LogP contribution in [0.4, 0.5) is 10.3 Å². The highest BCUT2D eigenvalue weighted by atomic mass is 19.1. The molecule has 0 atom stereocenters. The van der Waals surface area contributed by atoms with Crippen molar-refractivity contribution in [2.75, 3.05) is 24.6 Å². The van der Waals surface area contributed by atoms with Gasteiger partial charge in [-0.3, -0.25) is 0 Å². The van der Waals surface area contributed by atoms with E-state index < -0.39 is 5.82 Å². The van der Waals surface area contributed by atoms with E-state index in [9.17, 15) is 4.39 Å². The highest BCUT2D eigenvalue weighted by Crippen LogP contribution is 2.22. The Kier molecular flexibility index (Phi) is 4.40. The lowest BCUT2D eigenvalue weighted by Crippen LogP contribution is -2.36. The summed E-state index contributed by atoms with van der Waals surface area (Å²) in [4.78, 5) is 14.6. The minimum absolute atomic E-state index is 0.412. The SMILES string of the molecule is Cc1nc2ccc(OCC3CCN(c4ncc(F)cn4)CC3)nn2c1C. The third-order valence-electron chi connectivity index (χ3n) is 4.89. The first-order valence-corrected chi connectivity index (χ1v) is 8.78. The minimum atomic E-state index is -0.412. The molecular weight excluding hydrogens is 335 g/mol. The Morgan fingerprint density at radius 2 is 1.88 bits per heavy atom. The van der Waals surface area contributed by atoms with Gasteiger partial charge in [-0.05, 0) is 38.7 Å². The standard InChI is InChI=1S/C18H21FN6O/c1-12-13(2)25-16(22-12)3-4-17(23-25)26-11-14-5-7-24(8-6-14)18-20-9-15(19)10-21-18/h3-4,9-10,14H,5-8,11H2,1-2H3. The normalized spacial score (nSPS) is 15.6. The van der Waals surface area contributed by atoms with Gasteiger partial charge in [0, 0.05) is 19.2 Å². The molecule has 1 fully saturated rings.